The van der Waals surface area contributed by atoms with E-state index in [1.54, 1.807) is 0 Å². The van der Waals surface area contributed by atoms with Crippen LogP contribution in [0.5, 0.6) is 0 Å². The SMILES string of the molecule is C=C[Si](F)(F)N(C(C)(C)C)[Si](C)(C)C. The Morgan fingerprint density at radius 1 is 1.14 bits per heavy atom. The Hall–Kier alpha value is -0.00623. The van der Waals surface area contributed by atoms with Crippen LogP contribution in [0.4, 0.5) is 8.22 Å². The van der Waals surface area contributed by atoms with E-state index in [9.17, 15) is 8.22 Å². The quantitative estimate of drug-likeness (QED) is 0.536. The summed E-state index contributed by atoms with van der Waals surface area (Å²) in [5.41, 5.74) is 0.394. The first-order valence-corrected chi connectivity index (χ1v) is 9.97. The summed E-state index contributed by atoms with van der Waals surface area (Å²) in [5.74, 6) is 0. The summed E-state index contributed by atoms with van der Waals surface area (Å²) in [4.78, 5) is 0. The Labute approximate surface area is 88.3 Å². The molecule has 0 aromatic rings. The first-order chi connectivity index (χ1) is 5.93. The van der Waals surface area contributed by atoms with Crippen LogP contribution in [0, 0.1) is 0 Å². The van der Waals surface area contributed by atoms with Gasteiger partial charge in [-0.3, -0.25) is 4.23 Å². The molecule has 0 aromatic heterocycles. The molecular formula is C9H21F2NSi2. The minimum absolute atomic E-state index is 0.478. The van der Waals surface area contributed by atoms with Gasteiger partial charge in [-0.1, -0.05) is 19.6 Å². The molecule has 0 saturated heterocycles. The van der Waals surface area contributed by atoms with Crippen LogP contribution in [0.15, 0.2) is 12.3 Å². The van der Waals surface area contributed by atoms with E-state index in [4.69, 9.17) is 0 Å². The van der Waals surface area contributed by atoms with E-state index < -0.39 is 22.7 Å². The van der Waals surface area contributed by atoms with Crippen LogP contribution in [0.25, 0.3) is 0 Å². The van der Waals surface area contributed by atoms with E-state index in [-0.39, 0.29) is 0 Å². The van der Waals surface area contributed by atoms with Crippen LogP contribution in [-0.4, -0.2) is 26.9 Å². The highest BCUT2D eigenvalue weighted by molar-refractivity contribution is 6.87. The second-order valence-corrected chi connectivity index (χ2v) is 12.7. The van der Waals surface area contributed by atoms with E-state index in [1.807, 2.05) is 40.4 Å². The summed E-state index contributed by atoms with van der Waals surface area (Å²) in [6.07, 6.45) is 0. The average molecular weight is 237 g/mol. The molecule has 14 heavy (non-hydrogen) atoms. The zero-order valence-electron chi connectivity index (χ0n) is 9.99. The second-order valence-electron chi connectivity index (χ2n) is 5.47. The maximum absolute atomic E-state index is 13.8. The number of rotatable bonds is 3. The van der Waals surface area contributed by atoms with Crippen molar-refractivity contribution in [3.63, 3.8) is 0 Å². The van der Waals surface area contributed by atoms with Gasteiger partial charge in [0.1, 0.15) is 8.24 Å². The average Bonchev–Trinajstić information content (AvgIpc) is 1.79. The lowest BCUT2D eigenvalue weighted by Crippen LogP contribution is -2.66. The van der Waals surface area contributed by atoms with Crippen LogP contribution in [0.3, 0.4) is 0 Å². The Kier molecular flexibility index (Phi) is 3.86. The van der Waals surface area contributed by atoms with Gasteiger partial charge in [0.05, 0.1) is 0 Å². The second kappa shape index (κ2) is 3.86. The van der Waals surface area contributed by atoms with Gasteiger partial charge in [-0.05, 0) is 26.5 Å². The fourth-order valence-electron chi connectivity index (χ4n) is 1.99. The van der Waals surface area contributed by atoms with Crippen molar-refractivity contribution < 1.29 is 8.22 Å². The van der Waals surface area contributed by atoms with Crippen molar-refractivity contribution in [2.45, 2.75) is 46.0 Å². The Morgan fingerprint density at radius 3 is 1.57 bits per heavy atom. The summed E-state index contributed by atoms with van der Waals surface area (Å²) in [6.45, 7) is 14.6. The maximum Gasteiger partial charge on any atom is 0.526 e. The minimum atomic E-state index is -4.42. The molecule has 0 N–H and O–H groups in total. The topological polar surface area (TPSA) is 3.24 Å². The highest BCUT2D eigenvalue weighted by Crippen LogP contribution is 2.31. The molecule has 0 radical (unpaired) electrons. The normalized spacial score (nSPS) is 14.6. The molecule has 84 valence electrons. The molecule has 1 nitrogen and oxygen atoms in total. The van der Waals surface area contributed by atoms with Crippen LogP contribution in [0.2, 0.25) is 19.6 Å². The maximum atomic E-state index is 13.8. The van der Waals surface area contributed by atoms with Gasteiger partial charge in [0.15, 0.2) is 0 Å². The first-order valence-electron chi connectivity index (χ1n) is 4.75. The van der Waals surface area contributed by atoms with Gasteiger partial charge in [0.25, 0.3) is 0 Å². The smallest absolute Gasteiger partial charge is 0.288 e. The van der Waals surface area contributed by atoms with E-state index in [2.05, 4.69) is 6.58 Å². The van der Waals surface area contributed by atoms with Crippen LogP contribution >= 0.6 is 0 Å². The zero-order valence-corrected chi connectivity index (χ0v) is 12.0. The van der Waals surface area contributed by atoms with Crippen molar-refractivity contribution in [2.24, 2.45) is 0 Å². The lowest BCUT2D eigenvalue weighted by atomic mass is 10.1. The molecule has 0 atom stereocenters. The summed E-state index contributed by atoms with van der Waals surface area (Å²) < 4.78 is 29.0. The van der Waals surface area contributed by atoms with E-state index in [0.29, 0.717) is 0 Å². The molecule has 0 aliphatic heterocycles. The third-order valence-corrected chi connectivity index (χ3v) is 8.56. The molecule has 0 heterocycles. The molecule has 0 rings (SSSR count). The number of hydrogen-bond acceptors (Lipinski definition) is 1. The molecule has 0 spiro atoms. The fourth-order valence-corrected chi connectivity index (χ4v) is 8.93. The predicted molar refractivity (Wildman–Crippen MR) is 63.1 cm³/mol. The summed E-state index contributed by atoms with van der Waals surface area (Å²) in [5, 5.41) is 0. The third-order valence-electron chi connectivity index (χ3n) is 1.89. The Bertz CT molecular complexity index is 202. The molecule has 5 heteroatoms. The molecule has 0 aromatic carbocycles. The molecule has 0 unspecified atom stereocenters. The lowest BCUT2D eigenvalue weighted by molar-refractivity contribution is 0.299. The largest absolute Gasteiger partial charge is 0.526 e. The van der Waals surface area contributed by atoms with Crippen LogP contribution < -0.4 is 0 Å². The van der Waals surface area contributed by atoms with E-state index >= 15 is 0 Å². The van der Waals surface area contributed by atoms with Gasteiger partial charge in [-0.25, -0.2) is 8.22 Å². The molecule has 0 aliphatic carbocycles. The number of hydrogen-bond donors (Lipinski definition) is 0. The molecule has 0 fully saturated rings. The van der Waals surface area contributed by atoms with Crippen molar-refractivity contribution in [3.8, 4) is 0 Å². The van der Waals surface area contributed by atoms with Gasteiger partial charge in [-0.15, -0.1) is 6.58 Å². The Morgan fingerprint density at radius 2 is 1.50 bits per heavy atom. The van der Waals surface area contributed by atoms with Crippen molar-refractivity contribution in [1.29, 1.82) is 0 Å². The van der Waals surface area contributed by atoms with Gasteiger partial charge in [0.2, 0.25) is 0 Å². The highest BCUT2D eigenvalue weighted by Gasteiger charge is 2.51. The molecule has 0 aliphatic rings. The number of halogens is 2. The van der Waals surface area contributed by atoms with E-state index in [0.717, 1.165) is 5.70 Å². The van der Waals surface area contributed by atoms with Gasteiger partial charge in [0, 0.05) is 5.54 Å². The Balaban J connectivity index is 5.24. The standard InChI is InChI=1S/C9H21F2NSi2/c1-8-14(10,11)12(9(2,3)4)13(5,6)7/h8H,1H2,2-7H3. The molecule has 0 bridgehead atoms. The van der Waals surface area contributed by atoms with Crippen LogP contribution in [-0.2, 0) is 0 Å². The summed E-state index contributed by atoms with van der Waals surface area (Å²) in [6, 6.07) is 0. The van der Waals surface area contributed by atoms with Crippen molar-refractivity contribution in [1.82, 2.24) is 4.23 Å². The molecule has 0 amide bonds. The minimum Gasteiger partial charge on any atom is -0.288 e. The van der Waals surface area contributed by atoms with Gasteiger partial charge >= 0.3 is 8.90 Å². The van der Waals surface area contributed by atoms with E-state index in [1.165, 1.54) is 4.23 Å². The molecule has 0 saturated carbocycles. The van der Waals surface area contributed by atoms with Gasteiger partial charge < -0.3 is 0 Å². The first kappa shape index (κ1) is 14.0. The number of nitrogens with zero attached hydrogens (tertiary/aromatic N) is 1. The van der Waals surface area contributed by atoms with Crippen LogP contribution in [0.1, 0.15) is 20.8 Å². The third kappa shape index (κ3) is 3.29. The fraction of sp³-hybridized carbons (Fsp3) is 0.778. The predicted octanol–water partition coefficient (Wildman–Crippen LogP) is 3.52. The monoisotopic (exact) mass is 237 g/mol. The highest BCUT2D eigenvalue weighted by atomic mass is 28.5. The summed E-state index contributed by atoms with van der Waals surface area (Å²) in [7, 11) is -6.42. The molecular weight excluding hydrogens is 216 g/mol. The van der Waals surface area contributed by atoms with Gasteiger partial charge in [-0.2, -0.15) is 0 Å². The van der Waals surface area contributed by atoms with Crippen molar-refractivity contribution >= 4 is 17.1 Å². The van der Waals surface area contributed by atoms with Crippen molar-refractivity contribution in [2.75, 3.05) is 0 Å². The lowest BCUT2D eigenvalue weighted by Gasteiger charge is -2.46. The van der Waals surface area contributed by atoms with Crippen molar-refractivity contribution in [3.05, 3.63) is 12.3 Å². The zero-order chi connectivity index (χ0) is 11.8. The summed E-state index contributed by atoms with van der Waals surface area (Å²) >= 11 is 0.